The molecule has 4 unspecified atom stereocenters. The summed E-state index contributed by atoms with van der Waals surface area (Å²) in [5.74, 6) is -2.80. The molecule has 4 atom stereocenters. The number of nitrogens with one attached hydrogen (secondary N) is 2. The molecule has 2 aromatic carbocycles. The maximum atomic E-state index is 12.6. The fraction of sp³-hybridized carbons (Fsp3) is 0.318. The van der Waals surface area contributed by atoms with Crippen molar-refractivity contribution in [3.05, 3.63) is 59.7 Å². The molecule has 10 nitrogen and oxygen atoms in total. The molecule has 2 rings (SSSR count). The van der Waals surface area contributed by atoms with Crippen LogP contribution < -0.4 is 16.4 Å². The van der Waals surface area contributed by atoms with Gasteiger partial charge in [-0.2, -0.15) is 0 Å². The number of hydrogen-bond acceptors (Lipinski definition) is 7. The summed E-state index contributed by atoms with van der Waals surface area (Å²) in [6, 6.07) is 8.14. The van der Waals surface area contributed by atoms with Gasteiger partial charge in [0, 0.05) is 6.42 Å². The number of aliphatic hydroxyl groups is 1. The smallest absolute Gasteiger partial charge is 0.326 e. The van der Waals surface area contributed by atoms with Crippen molar-refractivity contribution >= 4 is 17.8 Å². The lowest BCUT2D eigenvalue weighted by molar-refractivity contribution is -0.142. The van der Waals surface area contributed by atoms with Gasteiger partial charge in [-0.05, 0) is 48.7 Å². The molecule has 32 heavy (non-hydrogen) atoms. The number of aromatic hydroxyl groups is 2. The van der Waals surface area contributed by atoms with E-state index in [0.29, 0.717) is 11.1 Å². The van der Waals surface area contributed by atoms with Crippen molar-refractivity contribution < 1.29 is 34.8 Å². The number of carbonyl (C=O) groups is 3. The molecule has 0 aliphatic heterocycles. The summed E-state index contributed by atoms with van der Waals surface area (Å²) in [4.78, 5) is 36.7. The zero-order valence-corrected chi connectivity index (χ0v) is 17.4. The fourth-order valence-corrected chi connectivity index (χ4v) is 2.97. The topological polar surface area (TPSA) is 182 Å². The number of amides is 2. The Bertz CT molecular complexity index is 930. The van der Waals surface area contributed by atoms with E-state index >= 15 is 0 Å². The van der Waals surface area contributed by atoms with E-state index in [-0.39, 0.29) is 24.3 Å². The number of phenolic OH excluding ortho intramolecular Hbond substituents is 2. The number of benzene rings is 2. The summed E-state index contributed by atoms with van der Waals surface area (Å²) in [5, 5.41) is 42.8. The highest BCUT2D eigenvalue weighted by Crippen LogP contribution is 2.13. The lowest BCUT2D eigenvalue weighted by Crippen LogP contribution is -2.58. The minimum Gasteiger partial charge on any atom is -0.508 e. The summed E-state index contributed by atoms with van der Waals surface area (Å²) >= 11 is 0. The third-order valence-corrected chi connectivity index (χ3v) is 4.78. The number of carboxylic acids is 1. The van der Waals surface area contributed by atoms with Gasteiger partial charge in [0.05, 0.1) is 12.1 Å². The molecule has 10 heteroatoms. The molecule has 0 fully saturated rings. The monoisotopic (exact) mass is 445 g/mol. The first-order valence-corrected chi connectivity index (χ1v) is 9.90. The van der Waals surface area contributed by atoms with E-state index in [0.717, 1.165) is 0 Å². The van der Waals surface area contributed by atoms with E-state index in [1.165, 1.54) is 43.3 Å². The van der Waals surface area contributed by atoms with E-state index in [2.05, 4.69) is 10.6 Å². The molecule has 0 aliphatic carbocycles. The molecular formula is C22H27N3O7. The van der Waals surface area contributed by atoms with Crippen LogP contribution in [0.1, 0.15) is 18.1 Å². The third kappa shape index (κ3) is 7.25. The summed E-state index contributed by atoms with van der Waals surface area (Å²) in [6.07, 6.45) is -1.26. The predicted octanol–water partition coefficient (Wildman–Crippen LogP) is -0.355. The Labute approximate surface area is 184 Å². The van der Waals surface area contributed by atoms with Crippen LogP contribution >= 0.6 is 0 Å². The third-order valence-electron chi connectivity index (χ3n) is 4.78. The Hall–Kier alpha value is -3.63. The molecule has 2 aromatic rings. The molecular weight excluding hydrogens is 418 g/mol. The van der Waals surface area contributed by atoms with Crippen LogP contribution in [0.15, 0.2) is 48.5 Å². The quantitative estimate of drug-likeness (QED) is 0.259. The number of carbonyl (C=O) groups excluding carboxylic acids is 2. The molecule has 0 bridgehead atoms. The minimum atomic E-state index is -1.42. The van der Waals surface area contributed by atoms with Crippen LogP contribution in [0.3, 0.4) is 0 Å². The van der Waals surface area contributed by atoms with Gasteiger partial charge in [-0.1, -0.05) is 24.3 Å². The van der Waals surface area contributed by atoms with Crippen LogP contribution in [0.2, 0.25) is 0 Å². The van der Waals surface area contributed by atoms with E-state index < -0.39 is 42.0 Å². The lowest BCUT2D eigenvalue weighted by Gasteiger charge is -2.24. The Morgan fingerprint density at radius 3 is 1.75 bits per heavy atom. The number of nitrogens with two attached hydrogens (primary N) is 1. The predicted molar refractivity (Wildman–Crippen MR) is 115 cm³/mol. The van der Waals surface area contributed by atoms with E-state index in [1.807, 2.05) is 0 Å². The largest absolute Gasteiger partial charge is 0.508 e. The van der Waals surface area contributed by atoms with Crippen LogP contribution in [0.25, 0.3) is 0 Å². The van der Waals surface area contributed by atoms with Gasteiger partial charge in [0.2, 0.25) is 11.8 Å². The molecule has 0 aliphatic rings. The second-order valence-electron chi connectivity index (χ2n) is 7.47. The number of carboxylic acid groups (broad SMARTS) is 1. The Kier molecular flexibility index (Phi) is 8.56. The molecule has 0 saturated heterocycles. The van der Waals surface area contributed by atoms with Crippen molar-refractivity contribution in [3.63, 3.8) is 0 Å². The Balaban J connectivity index is 2.02. The van der Waals surface area contributed by atoms with Gasteiger partial charge < -0.3 is 36.8 Å². The van der Waals surface area contributed by atoms with Gasteiger partial charge in [0.15, 0.2) is 0 Å². The molecule has 2 amide bonds. The number of phenols is 2. The number of rotatable bonds is 10. The minimum absolute atomic E-state index is 0.0187. The maximum absolute atomic E-state index is 12.6. The van der Waals surface area contributed by atoms with Crippen molar-refractivity contribution in [2.24, 2.45) is 5.73 Å². The highest BCUT2D eigenvalue weighted by molar-refractivity contribution is 5.92. The average Bonchev–Trinajstić information content (AvgIpc) is 2.73. The Morgan fingerprint density at radius 1 is 0.844 bits per heavy atom. The van der Waals surface area contributed by atoms with Crippen LogP contribution in [-0.2, 0) is 27.2 Å². The zero-order chi connectivity index (χ0) is 23.8. The maximum Gasteiger partial charge on any atom is 0.326 e. The van der Waals surface area contributed by atoms with Crippen LogP contribution in [0.4, 0.5) is 0 Å². The summed E-state index contributed by atoms with van der Waals surface area (Å²) in [7, 11) is 0. The van der Waals surface area contributed by atoms with Crippen LogP contribution in [0.5, 0.6) is 11.5 Å². The summed E-state index contributed by atoms with van der Waals surface area (Å²) < 4.78 is 0. The van der Waals surface area contributed by atoms with Gasteiger partial charge >= 0.3 is 5.97 Å². The van der Waals surface area contributed by atoms with Crippen molar-refractivity contribution in [1.29, 1.82) is 0 Å². The van der Waals surface area contributed by atoms with Crippen molar-refractivity contribution in [2.45, 2.75) is 44.0 Å². The lowest BCUT2D eigenvalue weighted by atomic mass is 10.0. The summed E-state index contributed by atoms with van der Waals surface area (Å²) in [6.45, 7) is 1.28. The first-order valence-electron chi connectivity index (χ1n) is 9.90. The van der Waals surface area contributed by atoms with E-state index in [9.17, 15) is 34.8 Å². The second kappa shape index (κ2) is 11.1. The second-order valence-corrected chi connectivity index (χ2v) is 7.47. The number of aliphatic hydroxyl groups excluding tert-OH is 1. The highest BCUT2D eigenvalue weighted by Gasteiger charge is 2.31. The van der Waals surface area contributed by atoms with E-state index in [4.69, 9.17) is 5.73 Å². The normalized spacial score (nSPS) is 14.6. The van der Waals surface area contributed by atoms with Crippen molar-refractivity contribution in [1.82, 2.24) is 10.6 Å². The first kappa shape index (κ1) is 24.6. The number of aliphatic carboxylic acids is 1. The van der Waals surface area contributed by atoms with Gasteiger partial charge in [0.1, 0.15) is 23.6 Å². The van der Waals surface area contributed by atoms with Crippen molar-refractivity contribution in [2.75, 3.05) is 0 Å². The zero-order valence-electron chi connectivity index (χ0n) is 17.4. The standard InChI is InChI=1S/C22H27N3O7/c1-12(26)19(25-20(29)17(23)10-13-2-6-15(27)7-3-13)21(30)24-18(22(31)32)11-14-4-8-16(28)9-5-14/h2-9,12,17-19,26-28H,10-11,23H2,1H3,(H,24,30)(H,25,29)(H,31,32). The van der Waals surface area contributed by atoms with Gasteiger partial charge in [-0.15, -0.1) is 0 Å². The van der Waals surface area contributed by atoms with Gasteiger partial charge in [0.25, 0.3) is 0 Å². The molecule has 0 aromatic heterocycles. The Morgan fingerprint density at radius 2 is 1.31 bits per heavy atom. The molecule has 172 valence electrons. The first-order chi connectivity index (χ1) is 15.1. The molecule has 0 heterocycles. The number of hydrogen-bond donors (Lipinski definition) is 7. The van der Waals surface area contributed by atoms with Gasteiger partial charge in [-0.3, -0.25) is 9.59 Å². The average molecular weight is 445 g/mol. The SMILES string of the molecule is CC(O)C(NC(=O)C(N)Cc1ccc(O)cc1)C(=O)NC(Cc1ccc(O)cc1)C(=O)O. The molecule has 0 radical (unpaired) electrons. The van der Waals surface area contributed by atoms with Crippen LogP contribution in [-0.4, -0.2) is 62.4 Å². The summed E-state index contributed by atoms with van der Waals surface area (Å²) in [5.41, 5.74) is 7.14. The van der Waals surface area contributed by atoms with E-state index in [1.54, 1.807) is 12.1 Å². The van der Waals surface area contributed by atoms with Crippen molar-refractivity contribution in [3.8, 4) is 11.5 Å². The molecule has 0 spiro atoms. The fourth-order valence-electron chi connectivity index (χ4n) is 2.97. The van der Waals surface area contributed by atoms with Gasteiger partial charge in [-0.25, -0.2) is 4.79 Å². The highest BCUT2D eigenvalue weighted by atomic mass is 16.4. The van der Waals surface area contributed by atoms with Crippen LogP contribution in [0, 0.1) is 0 Å². The molecule has 0 saturated carbocycles. The molecule has 8 N–H and O–H groups in total.